The van der Waals surface area contributed by atoms with E-state index in [0.717, 1.165) is 48.4 Å². The van der Waals surface area contributed by atoms with E-state index in [1.807, 2.05) is 17.9 Å². The van der Waals surface area contributed by atoms with Gasteiger partial charge >= 0.3 is 0 Å². The van der Waals surface area contributed by atoms with Gasteiger partial charge in [0.05, 0.1) is 5.25 Å². The predicted octanol–water partition coefficient (Wildman–Crippen LogP) is 3.69. The molecule has 0 bridgehead atoms. The normalized spacial score (nSPS) is 15.8. The molecule has 2 aromatic rings. The van der Waals surface area contributed by atoms with Crippen LogP contribution in [0.25, 0.3) is 0 Å². The lowest BCUT2D eigenvalue weighted by molar-refractivity contribution is -0.131. The summed E-state index contributed by atoms with van der Waals surface area (Å²) in [5.74, 6) is 0.221. The summed E-state index contributed by atoms with van der Waals surface area (Å²) in [6.45, 7) is 4.58. The fourth-order valence-corrected chi connectivity index (χ4v) is 4.87. The Kier molecular flexibility index (Phi) is 6.69. The molecule has 134 valence electrons. The Hall–Kier alpha value is -1.60. The highest BCUT2D eigenvalue weighted by molar-refractivity contribution is 8.02. The Bertz CT molecular complexity index is 671. The molecule has 1 fully saturated rings. The maximum Gasteiger partial charge on any atom is 0.235 e. The van der Waals surface area contributed by atoms with E-state index in [2.05, 4.69) is 39.8 Å². The monoisotopic (exact) mass is 376 g/mol. The quantitative estimate of drug-likeness (QED) is 0.747. The predicted molar refractivity (Wildman–Crippen MR) is 104 cm³/mol. The van der Waals surface area contributed by atoms with Gasteiger partial charge in [-0.2, -0.15) is 0 Å². The number of thioether (sulfide) groups is 1. The van der Waals surface area contributed by atoms with Crippen LogP contribution >= 0.6 is 23.1 Å². The summed E-state index contributed by atoms with van der Waals surface area (Å²) in [5, 5.41) is 12.4. The molecule has 1 amide bonds. The largest absolute Gasteiger partial charge is 0.360 e. The van der Waals surface area contributed by atoms with Crippen molar-refractivity contribution >= 4 is 34.1 Å². The zero-order chi connectivity index (χ0) is 17.5. The van der Waals surface area contributed by atoms with Gasteiger partial charge in [0.1, 0.15) is 0 Å². The molecule has 0 radical (unpaired) electrons. The molecule has 1 saturated heterocycles. The van der Waals surface area contributed by atoms with E-state index in [9.17, 15) is 4.79 Å². The minimum Gasteiger partial charge on any atom is -0.360 e. The van der Waals surface area contributed by atoms with Crippen LogP contribution in [0.3, 0.4) is 0 Å². The van der Waals surface area contributed by atoms with Crippen LogP contribution in [0.4, 0.5) is 5.13 Å². The van der Waals surface area contributed by atoms with Crippen LogP contribution in [0.15, 0.2) is 34.7 Å². The molecular weight excluding hydrogens is 352 g/mol. The van der Waals surface area contributed by atoms with E-state index < -0.39 is 0 Å². The zero-order valence-corrected chi connectivity index (χ0v) is 16.1. The molecule has 0 aliphatic carbocycles. The van der Waals surface area contributed by atoms with Gasteiger partial charge in [-0.25, -0.2) is 0 Å². The molecule has 1 aliphatic rings. The summed E-state index contributed by atoms with van der Waals surface area (Å²) >= 11 is 3.03. The van der Waals surface area contributed by atoms with E-state index in [4.69, 9.17) is 0 Å². The number of nitrogens with one attached hydrogen (secondary N) is 1. The smallest absolute Gasteiger partial charge is 0.235 e. The van der Waals surface area contributed by atoms with E-state index in [1.54, 1.807) is 0 Å². The summed E-state index contributed by atoms with van der Waals surface area (Å²) in [5.41, 5.74) is 1.30. The first-order valence-corrected chi connectivity index (χ1v) is 10.5. The highest BCUT2D eigenvalue weighted by atomic mass is 32.2. The molecular formula is C18H24N4OS2. The molecule has 5 nitrogen and oxygen atoms in total. The number of carbonyl (C=O) groups is 1. The number of amides is 1. The van der Waals surface area contributed by atoms with Crippen LogP contribution in [0, 0.1) is 0 Å². The molecule has 2 heterocycles. The van der Waals surface area contributed by atoms with E-state index in [-0.39, 0.29) is 11.2 Å². The number of rotatable bonds is 7. The van der Waals surface area contributed by atoms with Gasteiger partial charge in [-0.05, 0) is 38.2 Å². The number of hydrogen-bond acceptors (Lipinski definition) is 6. The molecule has 1 aromatic heterocycles. The van der Waals surface area contributed by atoms with Gasteiger partial charge < -0.3 is 10.2 Å². The zero-order valence-electron chi connectivity index (χ0n) is 14.5. The van der Waals surface area contributed by atoms with Gasteiger partial charge in [-0.1, -0.05) is 53.4 Å². The Labute approximate surface area is 157 Å². The summed E-state index contributed by atoms with van der Waals surface area (Å²) in [7, 11) is 0. The van der Waals surface area contributed by atoms with Gasteiger partial charge in [0.15, 0.2) is 4.34 Å². The molecule has 3 rings (SSSR count). The number of piperidine rings is 1. The maximum atomic E-state index is 12.5. The van der Waals surface area contributed by atoms with E-state index in [0.29, 0.717) is 0 Å². The lowest BCUT2D eigenvalue weighted by atomic mass is 10.1. The summed E-state index contributed by atoms with van der Waals surface area (Å²) in [6, 6.07) is 10.4. The SMILES string of the molecule is CC(Sc1nnc(NCCc2ccccc2)s1)C(=O)N1CCCCC1. The van der Waals surface area contributed by atoms with Crippen LogP contribution < -0.4 is 5.32 Å². The second kappa shape index (κ2) is 9.20. The Balaban J connectivity index is 1.45. The molecule has 1 unspecified atom stereocenters. The lowest BCUT2D eigenvalue weighted by Crippen LogP contribution is -2.40. The van der Waals surface area contributed by atoms with Crippen LogP contribution in [0.2, 0.25) is 0 Å². The van der Waals surface area contributed by atoms with Crippen LogP contribution in [-0.2, 0) is 11.2 Å². The molecule has 25 heavy (non-hydrogen) atoms. The average molecular weight is 377 g/mol. The first-order valence-electron chi connectivity index (χ1n) is 8.79. The molecule has 7 heteroatoms. The van der Waals surface area contributed by atoms with Crippen LogP contribution in [-0.4, -0.2) is 45.9 Å². The van der Waals surface area contributed by atoms with E-state index in [1.165, 1.54) is 35.1 Å². The number of carbonyl (C=O) groups excluding carboxylic acids is 1. The van der Waals surface area contributed by atoms with Crippen molar-refractivity contribution in [3.8, 4) is 0 Å². The van der Waals surface area contributed by atoms with Gasteiger partial charge in [0.25, 0.3) is 0 Å². The molecule has 1 atom stereocenters. The van der Waals surface area contributed by atoms with E-state index >= 15 is 0 Å². The topological polar surface area (TPSA) is 58.1 Å². The second-order valence-corrected chi connectivity index (χ2v) is 8.75. The van der Waals surface area contributed by atoms with Crippen molar-refractivity contribution in [2.75, 3.05) is 25.0 Å². The first-order chi connectivity index (χ1) is 12.2. The average Bonchev–Trinajstić information content (AvgIpc) is 3.10. The Morgan fingerprint density at radius 3 is 2.76 bits per heavy atom. The van der Waals surface area contributed by atoms with Crippen molar-refractivity contribution in [2.45, 2.75) is 42.2 Å². The summed E-state index contributed by atoms with van der Waals surface area (Å²) in [6.07, 6.45) is 4.43. The molecule has 1 aliphatic heterocycles. The third-order valence-corrected chi connectivity index (χ3v) is 6.29. The van der Waals surface area contributed by atoms with Gasteiger partial charge in [0, 0.05) is 19.6 Å². The van der Waals surface area contributed by atoms with Crippen LogP contribution in [0.1, 0.15) is 31.7 Å². The summed E-state index contributed by atoms with van der Waals surface area (Å²) in [4.78, 5) is 14.5. The molecule has 1 aromatic carbocycles. The maximum absolute atomic E-state index is 12.5. The van der Waals surface area contributed by atoms with Crippen molar-refractivity contribution in [1.82, 2.24) is 15.1 Å². The number of benzene rings is 1. The number of nitrogens with zero attached hydrogens (tertiary/aromatic N) is 3. The summed E-state index contributed by atoms with van der Waals surface area (Å²) < 4.78 is 0.847. The minimum atomic E-state index is -0.108. The van der Waals surface area contributed by atoms with Crippen molar-refractivity contribution in [3.63, 3.8) is 0 Å². The Morgan fingerprint density at radius 2 is 2.00 bits per heavy atom. The number of aromatic nitrogens is 2. The lowest BCUT2D eigenvalue weighted by Gasteiger charge is -2.28. The van der Waals surface area contributed by atoms with Gasteiger partial charge in [-0.15, -0.1) is 10.2 Å². The van der Waals surface area contributed by atoms with Crippen molar-refractivity contribution in [3.05, 3.63) is 35.9 Å². The molecule has 0 spiro atoms. The number of likely N-dealkylation sites (tertiary alicyclic amines) is 1. The third kappa shape index (κ3) is 5.44. The Morgan fingerprint density at radius 1 is 1.24 bits per heavy atom. The van der Waals surface area contributed by atoms with Crippen LogP contribution in [0.5, 0.6) is 0 Å². The molecule has 0 saturated carbocycles. The minimum absolute atomic E-state index is 0.108. The van der Waals surface area contributed by atoms with Gasteiger partial charge in [-0.3, -0.25) is 4.79 Å². The second-order valence-electron chi connectivity index (χ2n) is 6.18. The van der Waals surface area contributed by atoms with Crippen molar-refractivity contribution < 1.29 is 4.79 Å². The fraction of sp³-hybridized carbons (Fsp3) is 0.500. The number of anilines is 1. The third-order valence-electron chi connectivity index (χ3n) is 4.23. The fourth-order valence-electron chi connectivity index (χ4n) is 2.86. The standard InChI is InChI=1S/C18H24N4OS2/c1-14(16(23)22-12-6-3-7-13-22)24-18-21-20-17(25-18)19-11-10-15-8-4-2-5-9-15/h2,4-5,8-9,14H,3,6-7,10-13H2,1H3,(H,19,20). The molecule has 1 N–H and O–H groups in total. The van der Waals surface area contributed by atoms with Gasteiger partial charge in [0.2, 0.25) is 11.0 Å². The number of hydrogen-bond donors (Lipinski definition) is 1. The first kappa shape index (κ1) is 18.2. The highest BCUT2D eigenvalue weighted by Gasteiger charge is 2.24. The van der Waals surface area contributed by atoms with Crippen molar-refractivity contribution in [1.29, 1.82) is 0 Å². The van der Waals surface area contributed by atoms with Crippen molar-refractivity contribution in [2.24, 2.45) is 0 Å². The highest BCUT2D eigenvalue weighted by Crippen LogP contribution is 2.30.